The van der Waals surface area contributed by atoms with Gasteiger partial charge >= 0.3 is 11.7 Å². The summed E-state index contributed by atoms with van der Waals surface area (Å²) in [5, 5.41) is 0.562. The molecule has 150 valence electrons. The van der Waals surface area contributed by atoms with Crippen LogP contribution in [-0.2, 0) is 12.8 Å². The summed E-state index contributed by atoms with van der Waals surface area (Å²) in [6, 6.07) is 12.4. The molecule has 0 aliphatic rings. The van der Waals surface area contributed by atoms with E-state index >= 15 is 0 Å². The maximum Gasteiger partial charge on any atom is 0.397 e. The van der Waals surface area contributed by atoms with E-state index in [1.54, 1.807) is 11.3 Å². The SMILES string of the molecule is CCCCCCCCOc1nc2sc(CCCc3ccccc3)cc2c(=O)o1. The molecule has 0 radical (unpaired) electrons. The van der Waals surface area contributed by atoms with Crippen molar-refractivity contribution in [3.63, 3.8) is 0 Å². The molecule has 0 saturated heterocycles. The van der Waals surface area contributed by atoms with E-state index < -0.39 is 0 Å². The fourth-order valence-electron chi connectivity index (χ4n) is 3.24. The molecule has 2 heterocycles. The Bertz CT molecular complexity index is 901. The summed E-state index contributed by atoms with van der Waals surface area (Å²) in [5.41, 5.74) is 0.986. The van der Waals surface area contributed by atoms with E-state index in [1.807, 2.05) is 12.1 Å². The van der Waals surface area contributed by atoms with Crippen LogP contribution in [-0.4, -0.2) is 11.6 Å². The van der Waals surface area contributed by atoms with Crippen LogP contribution in [0.5, 0.6) is 6.08 Å². The van der Waals surface area contributed by atoms with Gasteiger partial charge in [0.2, 0.25) is 0 Å². The zero-order chi connectivity index (χ0) is 19.6. The predicted octanol–water partition coefficient (Wildman–Crippen LogP) is 6.16. The van der Waals surface area contributed by atoms with Crippen molar-refractivity contribution in [1.82, 2.24) is 4.98 Å². The molecule has 0 unspecified atom stereocenters. The van der Waals surface area contributed by atoms with E-state index in [-0.39, 0.29) is 11.7 Å². The minimum absolute atomic E-state index is 0.101. The van der Waals surface area contributed by atoms with Crippen LogP contribution in [0.2, 0.25) is 0 Å². The first kappa shape index (κ1) is 20.6. The second-order valence-electron chi connectivity index (χ2n) is 7.15. The number of aromatic nitrogens is 1. The standard InChI is InChI=1S/C23H29NO3S/c1-2-3-4-5-6-10-16-26-23-24-21-20(22(25)27-23)17-19(28-21)15-11-14-18-12-8-7-9-13-18/h7-9,12-13,17H,2-6,10-11,14-16H2,1H3. The van der Waals surface area contributed by atoms with Gasteiger partial charge in [-0.05, 0) is 37.3 Å². The van der Waals surface area contributed by atoms with Crippen LogP contribution < -0.4 is 10.4 Å². The van der Waals surface area contributed by atoms with Crippen LogP contribution >= 0.6 is 11.3 Å². The van der Waals surface area contributed by atoms with Crippen LogP contribution in [0.25, 0.3) is 10.2 Å². The summed E-state index contributed by atoms with van der Waals surface area (Å²) in [4.78, 5) is 18.5. The second-order valence-corrected chi connectivity index (χ2v) is 8.27. The Labute approximate surface area is 170 Å². The molecule has 0 aliphatic heterocycles. The number of ether oxygens (including phenoxy) is 1. The molecule has 4 nitrogen and oxygen atoms in total. The molecule has 0 fully saturated rings. The molecule has 0 atom stereocenters. The third-order valence-corrected chi connectivity index (χ3v) is 5.90. The van der Waals surface area contributed by atoms with Crippen LogP contribution in [0.1, 0.15) is 62.3 Å². The van der Waals surface area contributed by atoms with Crippen molar-refractivity contribution in [1.29, 1.82) is 0 Å². The highest BCUT2D eigenvalue weighted by atomic mass is 32.1. The third kappa shape index (κ3) is 6.20. The van der Waals surface area contributed by atoms with E-state index in [1.165, 1.54) is 36.1 Å². The Morgan fingerprint density at radius 2 is 1.79 bits per heavy atom. The molecule has 0 spiro atoms. The molecule has 3 rings (SSSR count). The Balaban J connectivity index is 1.50. The van der Waals surface area contributed by atoms with Gasteiger partial charge < -0.3 is 9.15 Å². The monoisotopic (exact) mass is 399 g/mol. The van der Waals surface area contributed by atoms with Gasteiger partial charge in [-0.2, -0.15) is 4.98 Å². The number of fused-ring (bicyclic) bond motifs is 1. The lowest BCUT2D eigenvalue weighted by Gasteiger charge is -2.03. The number of thiophene rings is 1. The number of hydrogen-bond acceptors (Lipinski definition) is 5. The Kier molecular flexibility index (Phi) is 8.09. The van der Waals surface area contributed by atoms with Crippen molar-refractivity contribution in [2.75, 3.05) is 6.61 Å². The smallest absolute Gasteiger partial charge is 0.397 e. The van der Waals surface area contributed by atoms with Crippen LogP contribution in [0.4, 0.5) is 0 Å². The van der Waals surface area contributed by atoms with Gasteiger partial charge in [0.15, 0.2) is 0 Å². The van der Waals surface area contributed by atoms with Gasteiger partial charge in [-0.1, -0.05) is 69.4 Å². The zero-order valence-corrected chi connectivity index (χ0v) is 17.4. The number of aryl methyl sites for hydroxylation is 2. The fourth-order valence-corrected chi connectivity index (χ4v) is 4.28. The van der Waals surface area contributed by atoms with Crippen LogP contribution in [0.15, 0.2) is 45.6 Å². The minimum Gasteiger partial charge on any atom is -0.450 e. The Hall–Kier alpha value is -2.14. The first-order valence-corrected chi connectivity index (χ1v) is 11.2. The van der Waals surface area contributed by atoms with Gasteiger partial charge in [0.1, 0.15) is 4.83 Å². The van der Waals surface area contributed by atoms with Crippen molar-refractivity contribution >= 4 is 21.6 Å². The molecule has 28 heavy (non-hydrogen) atoms. The molecular weight excluding hydrogens is 370 g/mol. The first-order valence-electron chi connectivity index (χ1n) is 10.4. The predicted molar refractivity (Wildman–Crippen MR) is 115 cm³/mol. The van der Waals surface area contributed by atoms with E-state index in [2.05, 4.69) is 36.2 Å². The van der Waals surface area contributed by atoms with Crippen molar-refractivity contribution in [3.8, 4) is 6.08 Å². The molecule has 2 aromatic heterocycles. The molecule has 1 aromatic carbocycles. The average molecular weight is 400 g/mol. The van der Waals surface area contributed by atoms with E-state index in [4.69, 9.17) is 9.15 Å². The van der Waals surface area contributed by atoms with E-state index in [0.29, 0.717) is 16.8 Å². The summed E-state index contributed by atoms with van der Waals surface area (Å²) >= 11 is 1.56. The van der Waals surface area contributed by atoms with E-state index in [9.17, 15) is 4.79 Å². The van der Waals surface area contributed by atoms with Gasteiger partial charge in [0.05, 0.1) is 12.0 Å². The van der Waals surface area contributed by atoms with Gasteiger partial charge in [-0.3, -0.25) is 0 Å². The van der Waals surface area contributed by atoms with Crippen molar-refractivity contribution < 1.29 is 9.15 Å². The van der Waals surface area contributed by atoms with Crippen molar-refractivity contribution in [2.24, 2.45) is 0 Å². The molecule has 0 bridgehead atoms. The maximum atomic E-state index is 12.2. The van der Waals surface area contributed by atoms with Crippen LogP contribution in [0, 0.1) is 0 Å². The zero-order valence-electron chi connectivity index (χ0n) is 16.6. The number of nitrogens with zero attached hydrogens (tertiary/aromatic N) is 1. The van der Waals surface area contributed by atoms with Gasteiger partial charge in [-0.15, -0.1) is 11.3 Å². The molecule has 3 aromatic rings. The van der Waals surface area contributed by atoms with E-state index in [0.717, 1.165) is 32.1 Å². The summed E-state index contributed by atoms with van der Waals surface area (Å²) < 4.78 is 10.8. The Morgan fingerprint density at radius 1 is 1.00 bits per heavy atom. The lowest BCUT2D eigenvalue weighted by molar-refractivity contribution is 0.211. The molecular formula is C23H29NO3S. The van der Waals surface area contributed by atoms with Gasteiger partial charge in [0.25, 0.3) is 0 Å². The number of rotatable bonds is 12. The number of benzene rings is 1. The highest BCUT2D eigenvalue weighted by molar-refractivity contribution is 7.18. The van der Waals surface area contributed by atoms with Crippen molar-refractivity contribution in [3.05, 3.63) is 57.3 Å². The molecule has 0 aliphatic carbocycles. The van der Waals surface area contributed by atoms with Crippen molar-refractivity contribution in [2.45, 2.75) is 64.7 Å². The lowest BCUT2D eigenvalue weighted by atomic mass is 10.1. The number of hydrogen-bond donors (Lipinski definition) is 0. The highest BCUT2D eigenvalue weighted by Gasteiger charge is 2.11. The minimum atomic E-state index is -0.353. The lowest BCUT2D eigenvalue weighted by Crippen LogP contribution is -2.05. The molecule has 0 saturated carbocycles. The van der Waals surface area contributed by atoms with Gasteiger partial charge in [0, 0.05) is 4.88 Å². The second kappa shape index (κ2) is 11.0. The summed E-state index contributed by atoms with van der Waals surface area (Å²) in [7, 11) is 0. The average Bonchev–Trinajstić information content (AvgIpc) is 3.12. The van der Waals surface area contributed by atoms with Crippen LogP contribution in [0.3, 0.4) is 0 Å². The Morgan fingerprint density at radius 3 is 2.61 bits per heavy atom. The largest absolute Gasteiger partial charge is 0.450 e. The number of unbranched alkanes of at least 4 members (excludes halogenated alkanes) is 5. The van der Waals surface area contributed by atoms with Gasteiger partial charge in [-0.25, -0.2) is 4.79 Å². The normalized spacial score (nSPS) is 11.2. The summed E-state index contributed by atoms with van der Waals surface area (Å²) in [6.45, 7) is 2.76. The quantitative estimate of drug-likeness (QED) is 0.342. The molecule has 0 amide bonds. The third-order valence-electron chi connectivity index (χ3n) is 4.81. The highest BCUT2D eigenvalue weighted by Crippen LogP contribution is 2.25. The fraction of sp³-hybridized carbons (Fsp3) is 0.478. The summed E-state index contributed by atoms with van der Waals surface area (Å²) in [6.07, 6.45) is 10.3. The molecule has 5 heteroatoms. The maximum absolute atomic E-state index is 12.2. The molecule has 0 N–H and O–H groups in total. The first-order chi connectivity index (χ1) is 13.8. The topological polar surface area (TPSA) is 52.3 Å². The summed E-state index contributed by atoms with van der Waals surface area (Å²) in [5.74, 6) is 0.